The molecule has 1 heterocycles. The van der Waals surface area contributed by atoms with E-state index in [9.17, 15) is 4.79 Å². The molecule has 1 atom stereocenters. The first kappa shape index (κ1) is 16.1. The van der Waals surface area contributed by atoms with Crippen molar-refractivity contribution in [2.45, 2.75) is 50.6 Å². The summed E-state index contributed by atoms with van der Waals surface area (Å²) in [4.78, 5) is 14.4. The lowest BCUT2D eigenvalue weighted by molar-refractivity contribution is -0.122. The van der Waals surface area contributed by atoms with Crippen LogP contribution in [0.3, 0.4) is 0 Å². The van der Waals surface area contributed by atoms with E-state index in [1.807, 2.05) is 11.8 Å². The van der Waals surface area contributed by atoms with E-state index in [0.29, 0.717) is 0 Å². The number of carbonyl (C=O) groups is 1. The van der Waals surface area contributed by atoms with Crippen LogP contribution in [0.1, 0.15) is 38.5 Å². The lowest BCUT2D eigenvalue weighted by Gasteiger charge is -2.31. The van der Waals surface area contributed by atoms with E-state index >= 15 is 0 Å². The molecule has 0 radical (unpaired) electrons. The van der Waals surface area contributed by atoms with Gasteiger partial charge in [-0.3, -0.25) is 4.79 Å². The molecule has 2 N–H and O–H groups in total. The molecule has 1 unspecified atom stereocenters. The van der Waals surface area contributed by atoms with Gasteiger partial charge in [-0.1, -0.05) is 19.3 Å². The third-order valence-electron chi connectivity index (χ3n) is 4.42. The van der Waals surface area contributed by atoms with Crippen LogP contribution in [0.5, 0.6) is 0 Å². The van der Waals surface area contributed by atoms with Crippen LogP contribution >= 0.6 is 11.8 Å². The predicted molar refractivity (Wildman–Crippen MR) is 86.2 cm³/mol. The molecule has 1 aliphatic heterocycles. The van der Waals surface area contributed by atoms with Gasteiger partial charge in [0.15, 0.2) is 0 Å². The molecule has 1 aliphatic carbocycles. The summed E-state index contributed by atoms with van der Waals surface area (Å²) < 4.78 is 0. The highest BCUT2D eigenvalue weighted by molar-refractivity contribution is 7.99. The van der Waals surface area contributed by atoms with Crippen LogP contribution in [-0.2, 0) is 4.79 Å². The molecule has 0 spiro atoms. The van der Waals surface area contributed by atoms with Crippen LogP contribution < -0.4 is 10.6 Å². The van der Waals surface area contributed by atoms with Crippen molar-refractivity contribution in [2.75, 3.05) is 38.2 Å². The number of rotatable bonds is 6. The van der Waals surface area contributed by atoms with Crippen molar-refractivity contribution in [3.05, 3.63) is 0 Å². The van der Waals surface area contributed by atoms with Crippen LogP contribution in [0.4, 0.5) is 0 Å². The Morgan fingerprint density at radius 1 is 1.35 bits per heavy atom. The van der Waals surface area contributed by atoms with Crippen molar-refractivity contribution in [1.29, 1.82) is 0 Å². The van der Waals surface area contributed by atoms with Gasteiger partial charge >= 0.3 is 0 Å². The van der Waals surface area contributed by atoms with E-state index in [2.05, 4.69) is 22.6 Å². The second kappa shape index (κ2) is 8.90. The summed E-state index contributed by atoms with van der Waals surface area (Å²) in [6, 6.07) is 0.792. The van der Waals surface area contributed by atoms with Gasteiger partial charge < -0.3 is 15.5 Å². The van der Waals surface area contributed by atoms with Crippen molar-refractivity contribution in [1.82, 2.24) is 15.5 Å². The maximum Gasteiger partial charge on any atom is 0.237 e. The highest BCUT2D eigenvalue weighted by Gasteiger charge is 2.20. The Bertz CT molecular complexity index is 289. The zero-order valence-corrected chi connectivity index (χ0v) is 13.5. The zero-order chi connectivity index (χ0) is 14.2. The standard InChI is InChI=1S/C15H29N3OS/c1-18(13-6-3-2-4-7-13)10-5-8-17-15(19)14-12-20-11-9-16-14/h13-14,16H,2-12H2,1H3,(H,17,19). The van der Waals surface area contributed by atoms with Gasteiger partial charge in [-0.25, -0.2) is 0 Å². The van der Waals surface area contributed by atoms with Gasteiger partial charge in [-0.2, -0.15) is 11.8 Å². The number of hydrogen-bond acceptors (Lipinski definition) is 4. The molecule has 1 saturated heterocycles. The number of hydrogen-bond donors (Lipinski definition) is 2. The van der Waals surface area contributed by atoms with Gasteiger partial charge in [-0.05, 0) is 32.9 Å². The van der Waals surface area contributed by atoms with Gasteiger partial charge in [0.25, 0.3) is 0 Å². The number of thioether (sulfide) groups is 1. The van der Waals surface area contributed by atoms with E-state index < -0.39 is 0 Å². The molecule has 2 aliphatic rings. The smallest absolute Gasteiger partial charge is 0.237 e. The third kappa shape index (κ3) is 5.26. The van der Waals surface area contributed by atoms with E-state index in [-0.39, 0.29) is 11.9 Å². The maximum absolute atomic E-state index is 11.9. The van der Waals surface area contributed by atoms with Gasteiger partial charge in [0.1, 0.15) is 0 Å². The molecule has 116 valence electrons. The Labute approximate surface area is 127 Å². The Morgan fingerprint density at radius 3 is 2.85 bits per heavy atom. The molecule has 0 bridgehead atoms. The molecular weight excluding hydrogens is 270 g/mol. The lowest BCUT2D eigenvalue weighted by Crippen LogP contribution is -2.49. The Kier molecular flexibility index (Phi) is 7.17. The molecule has 0 aromatic heterocycles. The number of nitrogens with zero attached hydrogens (tertiary/aromatic N) is 1. The number of carbonyl (C=O) groups excluding carboxylic acids is 1. The lowest BCUT2D eigenvalue weighted by atomic mass is 9.94. The van der Waals surface area contributed by atoms with Gasteiger partial charge in [-0.15, -0.1) is 0 Å². The molecule has 1 amide bonds. The predicted octanol–water partition coefficient (Wildman–Crippen LogP) is 1.46. The molecule has 1 saturated carbocycles. The van der Waals surface area contributed by atoms with E-state index in [4.69, 9.17) is 0 Å². The van der Waals surface area contributed by atoms with Gasteiger partial charge in [0, 0.05) is 30.6 Å². The Balaban J connectivity index is 1.55. The summed E-state index contributed by atoms with van der Waals surface area (Å²) in [5, 5.41) is 6.35. The molecule has 20 heavy (non-hydrogen) atoms. The fourth-order valence-electron chi connectivity index (χ4n) is 3.10. The first-order chi connectivity index (χ1) is 9.77. The maximum atomic E-state index is 11.9. The topological polar surface area (TPSA) is 44.4 Å². The molecule has 0 aromatic rings. The minimum Gasteiger partial charge on any atom is -0.355 e. The average molecular weight is 299 g/mol. The first-order valence-electron chi connectivity index (χ1n) is 8.06. The minimum absolute atomic E-state index is 0.0184. The van der Waals surface area contributed by atoms with Crippen molar-refractivity contribution < 1.29 is 4.79 Å². The number of nitrogens with one attached hydrogen (secondary N) is 2. The summed E-state index contributed by atoms with van der Waals surface area (Å²) in [5.74, 6) is 2.21. The van der Waals surface area contributed by atoms with Crippen LogP contribution in [0, 0.1) is 0 Å². The molecular formula is C15H29N3OS. The normalized spacial score (nSPS) is 24.8. The summed E-state index contributed by atoms with van der Waals surface area (Å²) >= 11 is 1.86. The fraction of sp³-hybridized carbons (Fsp3) is 0.933. The van der Waals surface area contributed by atoms with Crippen LogP contribution in [-0.4, -0.2) is 61.1 Å². The SMILES string of the molecule is CN(CCCNC(=O)C1CSCCN1)C1CCCCC1. The quantitative estimate of drug-likeness (QED) is 0.729. The second-order valence-electron chi connectivity index (χ2n) is 6.00. The monoisotopic (exact) mass is 299 g/mol. The van der Waals surface area contributed by atoms with Gasteiger partial charge in [0.05, 0.1) is 6.04 Å². The van der Waals surface area contributed by atoms with Crippen molar-refractivity contribution >= 4 is 17.7 Å². The Morgan fingerprint density at radius 2 is 2.15 bits per heavy atom. The largest absolute Gasteiger partial charge is 0.355 e. The molecule has 0 aromatic carbocycles. The van der Waals surface area contributed by atoms with Crippen LogP contribution in [0.25, 0.3) is 0 Å². The van der Waals surface area contributed by atoms with E-state index in [0.717, 1.165) is 43.6 Å². The summed E-state index contributed by atoms with van der Waals surface area (Å²) in [6.07, 6.45) is 7.94. The molecule has 4 nitrogen and oxygen atoms in total. The molecule has 2 fully saturated rings. The Hall–Kier alpha value is -0.260. The fourth-order valence-corrected chi connectivity index (χ4v) is 4.04. The summed E-state index contributed by atoms with van der Waals surface area (Å²) in [6.45, 7) is 2.85. The average Bonchev–Trinajstić information content (AvgIpc) is 2.53. The highest BCUT2D eigenvalue weighted by atomic mass is 32.2. The third-order valence-corrected chi connectivity index (χ3v) is 5.48. The van der Waals surface area contributed by atoms with E-state index in [1.54, 1.807) is 0 Å². The zero-order valence-electron chi connectivity index (χ0n) is 12.7. The highest BCUT2D eigenvalue weighted by Crippen LogP contribution is 2.21. The first-order valence-corrected chi connectivity index (χ1v) is 9.22. The number of amides is 1. The molecule has 5 heteroatoms. The van der Waals surface area contributed by atoms with Crippen molar-refractivity contribution in [3.8, 4) is 0 Å². The van der Waals surface area contributed by atoms with Gasteiger partial charge in [0.2, 0.25) is 5.91 Å². The van der Waals surface area contributed by atoms with Crippen molar-refractivity contribution in [3.63, 3.8) is 0 Å². The van der Waals surface area contributed by atoms with Crippen LogP contribution in [0.15, 0.2) is 0 Å². The minimum atomic E-state index is 0.0184. The molecule has 2 rings (SSSR count). The van der Waals surface area contributed by atoms with E-state index in [1.165, 1.54) is 32.1 Å². The van der Waals surface area contributed by atoms with Crippen LogP contribution in [0.2, 0.25) is 0 Å². The summed E-state index contributed by atoms with van der Waals surface area (Å²) in [7, 11) is 2.23. The van der Waals surface area contributed by atoms with Crippen molar-refractivity contribution in [2.24, 2.45) is 0 Å². The second-order valence-corrected chi connectivity index (χ2v) is 7.15. The summed E-state index contributed by atoms with van der Waals surface area (Å²) in [5.41, 5.74) is 0.